The molecule has 0 amide bonds. The molecule has 0 aromatic rings. The van der Waals surface area contributed by atoms with Gasteiger partial charge in [-0.05, 0) is 25.7 Å². The van der Waals surface area contributed by atoms with Crippen molar-refractivity contribution < 1.29 is 0 Å². The third-order valence-corrected chi connectivity index (χ3v) is 3.94. The van der Waals surface area contributed by atoms with Crippen LogP contribution in [0, 0.1) is 11.3 Å². The summed E-state index contributed by atoms with van der Waals surface area (Å²) in [6, 6.07) is 0. The van der Waals surface area contributed by atoms with Gasteiger partial charge in [-0.25, -0.2) is 9.98 Å². The monoisotopic (exact) mass is 338 g/mol. The zero-order valence-corrected chi connectivity index (χ0v) is 16.1. The Hall–Kier alpha value is -2.23. The molecule has 2 unspecified atom stereocenters. The molecule has 2 atom stereocenters. The van der Waals surface area contributed by atoms with Crippen LogP contribution in [0.15, 0.2) is 63.2 Å². The Morgan fingerprint density at radius 2 is 2.16 bits per heavy atom. The average molecular weight is 338 g/mol. The summed E-state index contributed by atoms with van der Waals surface area (Å²) in [6.07, 6.45) is 14.2. The summed E-state index contributed by atoms with van der Waals surface area (Å²) >= 11 is 0. The molecule has 0 saturated carbocycles. The minimum atomic E-state index is -0.126. The van der Waals surface area contributed by atoms with Crippen LogP contribution < -0.4 is 5.32 Å². The van der Waals surface area contributed by atoms with Crippen molar-refractivity contribution in [2.24, 2.45) is 26.3 Å². The van der Waals surface area contributed by atoms with E-state index in [4.69, 9.17) is 9.98 Å². The fraction of sp³-hybridized carbons (Fsp3) is 0.476. The third kappa shape index (κ3) is 5.96. The van der Waals surface area contributed by atoms with Crippen molar-refractivity contribution in [1.29, 1.82) is 0 Å². The van der Waals surface area contributed by atoms with E-state index in [0.717, 1.165) is 24.5 Å². The number of hydrogen-bond acceptors (Lipinski definition) is 4. The molecule has 0 fully saturated rings. The molecule has 1 aliphatic heterocycles. The lowest BCUT2D eigenvalue weighted by atomic mass is 9.94. The van der Waals surface area contributed by atoms with Gasteiger partial charge in [0.1, 0.15) is 5.84 Å². The van der Waals surface area contributed by atoms with E-state index in [0.29, 0.717) is 5.70 Å². The predicted molar refractivity (Wildman–Crippen MR) is 109 cm³/mol. The normalized spacial score (nSPS) is 24.1. The topological polar surface area (TPSA) is 49.1 Å². The number of allylic oxidation sites excluding steroid dienone is 4. The molecule has 0 saturated heterocycles. The Morgan fingerprint density at radius 1 is 1.40 bits per heavy atom. The van der Waals surface area contributed by atoms with Crippen LogP contribution in [0.3, 0.4) is 0 Å². The van der Waals surface area contributed by atoms with Crippen LogP contribution in [0.5, 0.6) is 0 Å². The van der Waals surface area contributed by atoms with E-state index in [1.165, 1.54) is 5.57 Å². The minimum Gasteiger partial charge on any atom is -0.327 e. The first-order chi connectivity index (χ1) is 11.8. The van der Waals surface area contributed by atoms with Crippen molar-refractivity contribution in [3.63, 3.8) is 0 Å². The summed E-state index contributed by atoms with van der Waals surface area (Å²) < 4.78 is 0. The number of aliphatic imine (C=N–C) groups is 3. The van der Waals surface area contributed by atoms with Gasteiger partial charge >= 0.3 is 0 Å². The number of nitrogens with one attached hydrogen (secondary N) is 1. The van der Waals surface area contributed by atoms with E-state index in [2.05, 4.69) is 68.9 Å². The standard InChI is InChI=1S/C21H30N4/c1-7-8-9-18-23-19(16(3)22-14-21(4,5)6)25-20(24-18)17-12-10-15(2)11-13-17/h7-8,10-12,14,17,20H,3,9,13H2,1-2,4-6H3,(H,23,24,25)/b8-7-,22-14?. The smallest absolute Gasteiger partial charge is 0.154 e. The molecule has 4 nitrogen and oxygen atoms in total. The number of hydrogen-bond donors (Lipinski definition) is 1. The highest BCUT2D eigenvalue weighted by molar-refractivity contribution is 6.10. The first-order valence-electron chi connectivity index (χ1n) is 8.90. The van der Waals surface area contributed by atoms with Crippen LogP contribution >= 0.6 is 0 Å². The second-order valence-corrected chi connectivity index (χ2v) is 7.64. The molecule has 1 heterocycles. The Bertz CT molecular complexity index is 681. The van der Waals surface area contributed by atoms with Crippen LogP contribution in [-0.2, 0) is 0 Å². The van der Waals surface area contributed by atoms with Crippen LogP contribution in [0.2, 0.25) is 0 Å². The Balaban J connectivity index is 2.22. The Labute approximate surface area is 152 Å². The van der Waals surface area contributed by atoms with Crippen LogP contribution in [0.1, 0.15) is 47.5 Å². The molecule has 4 heteroatoms. The van der Waals surface area contributed by atoms with Crippen LogP contribution in [0.25, 0.3) is 0 Å². The molecule has 1 aliphatic carbocycles. The molecule has 0 radical (unpaired) electrons. The fourth-order valence-electron chi connectivity index (χ4n) is 2.49. The van der Waals surface area contributed by atoms with Gasteiger partial charge in [-0.2, -0.15) is 0 Å². The maximum atomic E-state index is 4.80. The summed E-state index contributed by atoms with van der Waals surface area (Å²) in [6.45, 7) is 14.6. The molecule has 2 aliphatic rings. The van der Waals surface area contributed by atoms with Crippen molar-refractivity contribution in [2.75, 3.05) is 0 Å². The first-order valence-corrected chi connectivity index (χ1v) is 8.90. The quantitative estimate of drug-likeness (QED) is 0.566. The van der Waals surface area contributed by atoms with E-state index >= 15 is 0 Å². The molecule has 134 valence electrons. The molecular weight excluding hydrogens is 308 g/mol. The van der Waals surface area contributed by atoms with Gasteiger partial charge in [0.15, 0.2) is 12.0 Å². The molecule has 2 rings (SSSR count). The number of amidine groups is 2. The highest BCUT2D eigenvalue weighted by atomic mass is 15.2. The summed E-state index contributed by atoms with van der Waals surface area (Å²) in [7, 11) is 0. The summed E-state index contributed by atoms with van der Waals surface area (Å²) in [5.41, 5.74) is 1.96. The zero-order chi connectivity index (χ0) is 18.4. The lowest BCUT2D eigenvalue weighted by molar-refractivity contribution is 0.514. The maximum absolute atomic E-state index is 4.80. The summed E-state index contributed by atoms with van der Waals surface area (Å²) in [5.74, 6) is 1.92. The Morgan fingerprint density at radius 3 is 2.76 bits per heavy atom. The largest absolute Gasteiger partial charge is 0.327 e. The molecular formula is C21H30N4. The zero-order valence-electron chi connectivity index (χ0n) is 16.1. The van der Waals surface area contributed by atoms with Gasteiger partial charge < -0.3 is 5.32 Å². The van der Waals surface area contributed by atoms with Gasteiger partial charge in [0.05, 0.1) is 5.70 Å². The second kappa shape index (κ2) is 8.24. The summed E-state index contributed by atoms with van der Waals surface area (Å²) in [4.78, 5) is 14.1. The first kappa shape index (κ1) is 19.1. The van der Waals surface area contributed by atoms with Gasteiger partial charge in [0, 0.05) is 18.6 Å². The average Bonchev–Trinajstić information content (AvgIpc) is 2.57. The molecule has 0 aromatic carbocycles. The predicted octanol–water partition coefficient (Wildman–Crippen LogP) is 4.83. The number of rotatable bonds is 5. The molecule has 0 spiro atoms. The Kier molecular flexibility index (Phi) is 6.29. The minimum absolute atomic E-state index is 0.00780. The van der Waals surface area contributed by atoms with E-state index in [1.807, 2.05) is 19.2 Å². The van der Waals surface area contributed by atoms with Crippen molar-refractivity contribution in [1.82, 2.24) is 5.32 Å². The molecule has 0 bridgehead atoms. The fourth-order valence-corrected chi connectivity index (χ4v) is 2.49. The van der Waals surface area contributed by atoms with Gasteiger partial charge in [0.25, 0.3) is 0 Å². The lowest BCUT2D eigenvalue weighted by Gasteiger charge is -2.26. The molecule has 1 N–H and O–H groups in total. The van der Waals surface area contributed by atoms with Crippen molar-refractivity contribution in [3.8, 4) is 0 Å². The number of nitrogens with zero attached hydrogens (tertiary/aromatic N) is 3. The van der Waals surface area contributed by atoms with Gasteiger partial charge in [-0.1, -0.05) is 63.3 Å². The summed E-state index contributed by atoms with van der Waals surface area (Å²) in [5, 5.41) is 3.30. The van der Waals surface area contributed by atoms with E-state index < -0.39 is 0 Å². The van der Waals surface area contributed by atoms with Gasteiger partial charge in [0.2, 0.25) is 0 Å². The molecule has 25 heavy (non-hydrogen) atoms. The van der Waals surface area contributed by atoms with Gasteiger partial charge in [-0.15, -0.1) is 0 Å². The van der Waals surface area contributed by atoms with E-state index in [1.54, 1.807) is 0 Å². The van der Waals surface area contributed by atoms with Crippen molar-refractivity contribution in [3.05, 3.63) is 48.2 Å². The van der Waals surface area contributed by atoms with E-state index in [-0.39, 0.29) is 17.5 Å². The highest BCUT2D eigenvalue weighted by Gasteiger charge is 2.24. The van der Waals surface area contributed by atoms with Crippen molar-refractivity contribution in [2.45, 2.75) is 53.6 Å². The second-order valence-electron chi connectivity index (χ2n) is 7.64. The van der Waals surface area contributed by atoms with E-state index in [9.17, 15) is 0 Å². The van der Waals surface area contributed by atoms with Crippen LogP contribution in [0.4, 0.5) is 0 Å². The lowest BCUT2D eigenvalue weighted by Crippen LogP contribution is -2.38. The SMILES string of the molecule is C=C(N=CC(C)(C)C)C1=NC(C2C=CC(C)=CC2)N=C(C/C=C\C)N1. The van der Waals surface area contributed by atoms with Crippen LogP contribution in [-0.4, -0.2) is 24.1 Å². The highest BCUT2D eigenvalue weighted by Crippen LogP contribution is 2.24. The third-order valence-electron chi connectivity index (χ3n) is 3.94. The van der Waals surface area contributed by atoms with Crippen molar-refractivity contribution >= 4 is 17.9 Å². The maximum Gasteiger partial charge on any atom is 0.154 e. The van der Waals surface area contributed by atoms with Gasteiger partial charge in [-0.3, -0.25) is 4.99 Å². The molecule has 0 aromatic heterocycles.